The Morgan fingerprint density at radius 3 is 2.65 bits per heavy atom. The van der Waals surface area contributed by atoms with Crippen molar-refractivity contribution >= 4 is 18.9 Å². The first kappa shape index (κ1) is 14.2. The highest BCUT2D eigenvalue weighted by molar-refractivity contribution is 6.34. The lowest BCUT2D eigenvalue weighted by atomic mass is 10.2. The summed E-state index contributed by atoms with van der Waals surface area (Å²) < 4.78 is 10.2. The summed E-state index contributed by atoms with van der Waals surface area (Å²) >= 11 is 5.96. The lowest BCUT2D eigenvalue weighted by molar-refractivity contribution is 0.286. The van der Waals surface area contributed by atoms with Gasteiger partial charge in [-0.2, -0.15) is 0 Å². The van der Waals surface area contributed by atoms with E-state index in [-0.39, 0.29) is 5.75 Å². The van der Waals surface area contributed by atoms with Crippen LogP contribution >= 0.6 is 11.6 Å². The normalized spacial score (nSPS) is 10.1. The van der Waals surface area contributed by atoms with Gasteiger partial charge in [0.25, 0.3) is 0 Å². The van der Waals surface area contributed by atoms with Gasteiger partial charge in [-0.05, 0) is 18.6 Å². The maximum atomic E-state index is 8.63. The lowest BCUT2D eigenvalue weighted by Gasteiger charge is -2.10. The van der Waals surface area contributed by atoms with Gasteiger partial charge < -0.3 is 19.4 Å². The Labute approximate surface area is 106 Å². The second kappa shape index (κ2) is 7.43. The summed E-state index contributed by atoms with van der Waals surface area (Å²) in [6, 6.07) is 4.70. The highest BCUT2D eigenvalue weighted by Gasteiger charge is 2.12. The number of rotatable bonds is 7. The van der Waals surface area contributed by atoms with Gasteiger partial charge in [0.1, 0.15) is 11.5 Å². The van der Waals surface area contributed by atoms with Crippen molar-refractivity contribution < 1.29 is 19.4 Å². The Hall–Kier alpha value is -0.905. The van der Waals surface area contributed by atoms with Crippen LogP contribution in [0, 0.1) is 0 Å². The lowest BCUT2D eigenvalue weighted by Crippen LogP contribution is -2.20. The van der Waals surface area contributed by atoms with Crippen LogP contribution in [-0.4, -0.2) is 24.0 Å². The molecule has 0 heterocycles. The number of unbranched alkanes of at least 4 members (excludes halogenated alkanes) is 2. The van der Waals surface area contributed by atoms with E-state index in [9.17, 15) is 0 Å². The maximum Gasteiger partial charge on any atom is 0.707 e. The van der Waals surface area contributed by atoms with Crippen molar-refractivity contribution in [3.05, 3.63) is 23.2 Å². The minimum absolute atomic E-state index is 0.283. The summed E-state index contributed by atoms with van der Waals surface area (Å²) in [5, 5.41) is 17.6. The van der Waals surface area contributed by atoms with E-state index < -0.39 is 7.32 Å². The fourth-order valence-electron chi connectivity index (χ4n) is 1.33. The molecule has 4 nitrogen and oxygen atoms in total. The number of hydrogen-bond acceptors (Lipinski definition) is 4. The van der Waals surface area contributed by atoms with Crippen molar-refractivity contribution in [1.82, 2.24) is 0 Å². The highest BCUT2D eigenvalue weighted by Crippen LogP contribution is 2.29. The second-order valence-electron chi connectivity index (χ2n) is 3.59. The van der Waals surface area contributed by atoms with Gasteiger partial charge in [0.05, 0.1) is 11.6 Å². The van der Waals surface area contributed by atoms with Gasteiger partial charge in [-0.3, -0.25) is 0 Å². The predicted octanol–water partition coefficient (Wildman–Crippen LogP) is 2.26. The molecule has 0 amide bonds. The van der Waals surface area contributed by atoms with Crippen LogP contribution < -0.4 is 9.39 Å². The van der Waals surface area contributed by atoms with Gasteiger partial charge in [0.2, 0.25) is 0 Å². The van der Waals surface area contributed by atoms with Gasteiger partial charge >= 0.3 is 7.32 Å². The third kappa shape index (κ3) is 5.30. The zero-order chi connectivity index (χ0) is 12.7. The van der Waals surface area contributed by atoms with Crippen LogP contribution in [0.15, 0.2) is 18.2 Å². The summed E-state index contributed by atoms with van der Waals surface area (Å²) in [7, 11) is -1.85. The van der Waals surface area contributed by atoms with Crippen molar-refractivity contribution in [2.24, 2.45) is 0 Å². The first-order chi connectivity index (χ1) is 8.13. The molecule has 0 spiro atoms. The number of benzene rings is 1. The van der Waals surface area contributed by atoms with Crippen LogP contribution in [0.3, 0.4) is 0 Å². The number of halogens is 1. The molecule has 0 fully saturated rings. The molecule has 0 aliphatic heterocycles. The molecule has 0 aromatic heterocycles. The van der Waals surface area contributed by atoms with Gasteiger partial charge in [0.15, 0.2) is 0 Å². The molecular weight excluding hydrogens is 242 g/mol. The quantitative estimate of drug-likeness (QED) is 0.582. The first-order valence-corrected chi connectivity index (χ1v) is 5.96. The molecule has 0 saturated heterocycles. The van der Waals surface area contributed by atoms with Crippen molar-refractivity contribution in [2.75, 3.05) is 6.61 Å². The van der Waals surface area contributed by atoms with E-state index in [2.05, 4.69) is 11.6 Å². The Kier molecular flexibility index (Phi) is 6.18. The van der Waals surface area contributed by atoms with Gasteiger partial charge in [-0.1, -0.05) is 31.4 Å². The largest absolute Gasteiger partial charge is 0.707 e. The molecule has 0 aliphatic carbocycles. The zero-order valence-corrected chi connectivity index (χ0v) is 10.5. The molecule has 94 valence electrons. The van der Waals surface area contributed by atoms with Crippen LogP contribution in [-0.2, 0) is 0 Å². The summed E-state index contributed by atoms with van der Waals surface area (Å²) in [6.45, 7) is 2.75. The van der Waals surface area contributed by atoms with E-state index in [0.29, 0.717) is 17.4 Å². The molecule has 1 aromatic carbocycles. The van der Waals surface area contributed by atoms with E-state index >= 15 is 0 Å². The zero-order valence-electron chi connectivity index (χ0n) is 9.73. The Balaban J connectivity index is 2.51. The Bertz CT molecular complexity index is 346. The minimum atomic E-state index is -1.85. The fourth-order valence-corrected chi connectivity index (χ4v) is 1.55. The number of ether oxygens (including phenoxy) is 1. The van der Waals surface area contributed by atoms with E-state index in [0.717, 1.165) is 19.3 Å². The van der Waals surface area contributed by atoms with Crippen molar-refractivity contribution in [3.8, 4) is 11.5 Å². The third-order valence-electron chi connectivity index (χ3n) is 2.15. The monoisotopic (exact) mass is 258 g/mol. The molecule has 1 rings (SSSR count). The molecule has 2 N–H and O–H groups in total. The first-order valence-electron chi connectivity index (χ1n) is 5.58. The van der Waals surface area contributed by atoms with Crippen molar-refractivity contribution in [3.63, 3.8) is 0 Å². The molecule has 6 heteroatoms. The smallest absolute Gasteiger partial charge is 0.512 e. The van der Waals surface area contributed by atoms with Crippen LogP contribution in [0.2, 0.25) is 5.02 Å². The van der Waals surface area contributed by atoms with E-state index in [1.165, 1.54) is 6.07 Å². The molecule has 17 heavy (non-hydrogen) atoms. The molecule has 0 unspecified atom stereocenters. The van der Waals surface area contributed by atoms with Gasteiger partial charge in [-0.25, -0.2) is 0 Å². The van der Waals surface area contributed by atoms with Crippen LogP contribution in [0.1, 0.15) is 26.2 Å². The van der Waals surface area contributed by atoms with Crippen molar-refractivity contribution in [2.45, 2.75) is 26.2 Å². The fraction of sp³-hybridized carbons (Fsp3) is 0.455. The standard InChI is InChI=1S/C11H16BClO4/c1-2-3-4-7-16-11-6-5-9(8-10(11)13)17-12(14)15/h5-6,8,14-15H,2-4,7H2,1H3. The highest BCUT2D eigenvalue weighted by atomic mass is 35.5. The summed E-state index contributed by atoms with van der Waals surface area (Å²) in [5.74, 6) is 0.855. The van der Waals surface area contributed by atoms with Crippen LogP contribution in [0.25, 0.3) is 0 Å². The summed E-state index contributed by atoms with van der Waals surface area (Å²) in [6.07, 6.45) is 3.24. The van der Waals surface area contributed by atoms with Crippen LogP contribution in [0.5, 0.6) is 11.5 Å². The second-order valence-corrected chi connectivity index (χ2v) is 4.00. The molecule has 0 radical (unpaired) electrons. The topological polar surface area (TPSA) is 58.9 Å². The third-order valence-corrected chi connectivity index (χ3v) is 2.45. The van der Waals surface area contributed by atoms with Gasteiger partial charge in [0, 0.05) is 6.07 Å². The number of hydrogen-bond donors (Lipinski definition) is 2. The van der Waals surface area contributed by atoms with Crippen LogP contribution in [0.4, 0.5) is 0 Å². The summed E-state index contributed by atoms with van der Waals surface area (Å²) in [4.78, 5) is 0. The molecule has 0 saturated carbocycles. The predicted molar refractivity (Wildman–Crippen MR) is 67.3 cm³/mol. The van der Waals surface area contributed by atoms with Gasteiger partial charge in [-0.15, -0.1) is 0 Å². The molecule has 1 aromatic rings. The summed E-state index contributed by atoms with van der Waals surface area (Å²) in [5.41, 5.74) is 0. The Morgan fingerprint density at radius 1 is 1.29 bits per heavy atom. The molecular formula is C11H16BClO4. The van der Waals surface area contributed by atoms with E-state index in [4.69, 9.17) is 26.4 Å². The molecule has 0 bridgehead atoms. The average molecular weight is 259 g/mol. The average Bonchev–Trinajstić information content (AvgIpc) is 2.26. The molecule has 0 aliphatic rings. The van der Waals surface area contributed by atoms with E-state index in [1.54, 1.807) is 12.1 Å². The SMILES string of the molecule is CCCCCOc1ccc(OB(O)O)cc1Cl. The van der Waals surface area contributed by atoms with Crippen molar-refractivity contribution in [1.29, 1.82) is 0 Å². The molecule has 0 atom stereocenters. The van der Waals surface area contributed by atoms with E-state index in [1.807, 2.05) is 0 Å². The minimum Gasteiger partial charge on any atom is -0.512 e. The maximum absolute atomic E-state index is 8.63. The Morgan fingerprint density at radius 2 is 2.06 bits per heavy atom.